The molecular weight excluding hydrogens is 266 g/mol. The Morgan fingerprint density at radius 2 is 2.25 bits per heavy atom. The number of benzene rings is 1. The van der Waals surface area contributed by atoms with E-state index in [-0.39, 0.29) is 18.2 Å². The molecule has 1 aromatic carbocycles. The van der Waals surface area contributed by atoms with E-state index in [1.54, 1.807) is 0 Å². The van der Waals surface area contributed by atoms with Gasteiger partial charge in [0.1, 0.15) is 0 Å². The third-order valence-corrected chi connectivity index (χ3v) is 3.79. The highest BCUT2D eigenvalue weighted by atomic mass is 79.9. The van der Waals surface area contributed by atoms with E-state index < -0.39 is 0 Å². The number of halogens is 1. The van der Waals surface area contributed by atoms with Crippen molar-refractivity contribution in [2.45, 2.75) is 44.4 Å². The molecule has 1 aliphatic carbocycles. The van der Waals surface area contributed by atoms with Crippen LogP contribution in [0, 0.1) is 0 Å². The molecule has 88 valence electrons. The zero-order chi connectivity index (χ0) is 11.5. The topological polar surface area (TPSA) is 32.3 Å². The van der Waals surface area contributed by atoms with E-state index in [9.17, 15) is 5.11 Å². The molecule has 0 bridgehead atoms. The van der Waals surface area contributed by atoms with Crippen LogP contribution in [0.15, 0.2) is 28.7 Å². The predicted octanol–water partition coefficient (Wildman–Crippen LogP) is 3.01. The zero-order valence-corrected chi connectivity index (χ0v) is 11.1. The van der Waals surface area contributed by atoms with Crippen LogP contribution in [0.3, 0.4) is 0 Å². The fraction of sp³-hybridized carbons (Fsp3) is 0.538. The summed E-state index contributed by atoms with van der Waals surface area (Å²) in [5.41, 5.74) is 1.26. The third-order valence-electron chi connectivity index (χ3n) is 3.29. The third kappa shape index (κ3) is 2.84. The van der Waals surface area contributed by atoms with Crippen molar-refractivity contribution in [2.75, 3.05) is 0 Å². The molecule has 1 aliphatic rings. The normalized spacial score (nSPS) is 26.9. The molecule has 0 aromatic heterocycles. The van der Waals surface area contributed by atoms with Crippen LogP contribution in [-0.2, 0) is 0 Å². The monoisotopic (exact) mass is 283 g/mol. The van der Waals surface area contributed by atoms with Gasteiger partial charge in [0.25, 0.3) is 0 Å². The highest BCUT2D eigenvalue weighted by Crippen LogP contribution is 2.23. The summed E-state index contributed by atoms with van der Waals surface area (Å²) >= 11 is 3.48. The second-order valence-corrected chi connectivity index (χ2v) is 5.46. The second kappa shape index (κ2) is 5.30. The molecule has 2 nitrogen and oxygen atoms in total. The van der Waals surface area contributed by atoms with Crippen LogP contribution in [0.1, 0.15) is 37.8 Å². The van der Waals surface area contributed by atoms with Gasteiger partial charge in [0, 0.05) is 16.6 Å². The molecular formula is C13H18BrNO. The first kappa shape index (κ1) is 12.1. The maximum atomic E-state index is 9.77. The number of hydrogen-bond acceptors (Lipinski definition) is 2. The number of rotatable bonds is 3. The maximum absolute atomic E-state index is 9.77. The lowest BCUT2D eigenvalue weighted by atomic mass is 10.1. The Morgan fingerprint density at radius 1 is 1.44 bits per heavy atom. The Labute approximate surface area is 105 Å². The van der Waals surface area contributed by atoms with E-state index in [0.29, 0.717) is 0 Å². The minimum Gasteiger partial charge on any atom is -0.392 e. The minimum atomic E-state index is -0.172. The van der Waals surface area contributed by atoms with E-state index in [4.69, 9.17) is 0 Å². The molecule has 0 saturated heterocycles. The van der Waals surface area contributed by atoms with Gasteiger partial charge in [-0.25, -0.2) is 0 Å². The van der Waals surface area contributed by atoms with E-state index in [1.807, 2.05) is 12.1 Å². The van der Waals surface area contributed by atoms with Gasteiger partial charge in [-0.05, 0) is 43.9 Å². The molecule has 1 saturated carbocycles. The SMILES string of the molecule is C[C@@H](NC1CCCC1O)c1cccc(Br)c1. The van der Waals surface area contributed by atoms with Crippen molar-refractivity contribution in [1.82, 2.24) is 5.32 Å². The van der Waals surface area contributed by atoms with Crippen molar-refractivity contribution in [3.63, 3.8) is 0 Å². The number of aliphatic hydroxyl groups is 1. The number of nitrogens with one attached hydrogen (secondary N) is 1. The molecule has 3 heteroatoms. The van der Waals surface area contributed by atoms with Gasteiger partial charge in [0.15, 0.2) is 0 Å². The molecule has 2 rings (SSSR count). The van der Waals surface area contributed by atoms with Gasteiger partial charge < -0.3 is 10.4 Å². The number of aliphatic hydroxyl groups excluding tert-OH is 1. The molecule has 1 fully saturated rings. The smallest absolute Gasteiger partial charge is 0.0693 e. The van der Waals surface area contributed by atoms with Crippen molar-refractivity contribution in [1.29, 1.82) is 0 Å². The summed E-state index contributed by atoms with van der Waals surface area (Å²) in [7, 11) is 0. The summed E-state index contributed by atoms with van der Waals surface area (Å²) in [5, 5.41) is 13.3. The van der Waals surface area contributed by atoms with Gasteiger partial charge in [-0.2, -0.15) is 0 Å². The quantitative estimate of drug-likeness (QED) is 0.894. The van der Waals surface area contributed by atoms with Gasteiger partial charge in [0.05, 0.1) is 6.10 Å². The summed E-state index contributed by atoms with van der Waals surface area (Å²) in [5.74, 6) is 0. The van der Waals surface area contributed by atoms with E-state index in [1.165, 1.54) is 5.56 Å². The van der Waals surface area contributed by atoms with Crippen LogP contribution >= 0.6 is 15.9 Å². The van der Waals surface area contributed by atoms with Crippen molar-refractivity contribution in [2.24, 2.45) is 0 Å². The van der Waals surface area contributed by atoms with E-state index >= 15 is 0 Å². The Morgan fingerprint density at radius 3 is 2.88 bits per heavy atom. The van der Waals surface area contributed by atoms with E-state index in [0.717, 1.165) is 23.7 Å². The molecule has 0 spiro atoms. The lowest BCUT2D eigenvalue weighted by Gasteiger charge is -2.22. The molecule has 2 N–H and O–H groups in total. The van der Waals surface area contributed by atoms with Gasteiger partial charge in [-0.15, -0.1) is 0 Å². The zero-order valence-electron chi connectivity index (χ0n) is 9.49. The van der Waals surface area contributed by atoms with Crippen molar-refractivity contribution >= 4 is 15.9 Å². The molecule has 2 unspecified atom stereocenters. The molecule has 3 atom stereocenters. The molecule has 0 aliphatic heterocycles. The summed E-state index contributed by atoms with van der Waals surface area (Å²) in [6.45, 7) is 2.15. The Kier molecular flexibility index (Phi) is 4.00. The summed E-state index contributed by atoms with van der Waals surface area (Å²) < 4.78 is 1.10. The second-order valence-electron chi connectivity index (χ2n) is 4.55. The highest BCUT2D eigenvalue weighted by molar-refractivity contribution is 9.10. The Bertz CT molecular complexity index is 356. The standard InChI is InChI=1S/C13H18BrNO/c1-9(10-4-2-5-11(14)8-10)15-12-6-3-7-13(12)16/h2,4-5,8-9,12-13,15-16H,3,6-7H2,1H3/t9-,12?,13?/m1/s1. The maximum Gasteiger partial charge on any atom is 0.0693 e. The fourth-order valence-electron chi connectivity index (χ4n) is 2.33. The highest BCUT2D eigenvalue weighted by Gasteiger charge is 2.26. The lowest BCUT2D eigenvalue weighted by molar-refractivity contribution is 0.144. The van der Waals surface area contributed by atoms with Crippen LogP contribution in [0.2, 0.25) is 0 Å². The van der Waals surface area contributed by atoms with Crippen LogP contribution in [0.25, 0.3) is 0 Å². The molecule has 1 aromatic rings. The first-order chi connectivity index (χ1) is 7.66. The fourth-order valence-corrected chi connectivity index (χ4v) is 2.75. The van der Waals surface area contributed by atoms with Gasteiger partial charge in [-0.3, -0.25) is 0 Å². The van der Waals surface area contributed by atoms with Crippen molar-refractivity contribution in [3.8, 4) is 0 Å². The lowest BCUT2D eigenvalue weighted by Crippen LogP contribution is -2.37. The van der Waals surface area contributed by atoms with Crippen LogP contribution in [0.5, 0.6) is 0 Å². The molecule has 0 radical (unpaired) electrons. The first-order valence-corrected chi connectivity index (χ1v) is 6.65. The van der Waals surface area contributed by atoms with Gasteiger partial charge in [-0.1, -0.05) is 28.1 Å². The van der Waals surface area contributed by atoms with Crippen LogP contribution in [-0.4, -0.2) is 17.3 Å². The Balaban J connectivity index is 1.99. The molecule has 0 amide bonds. The summed E-state index contributed by atoms with van der Waals surface area (Å²) in [6, 6.07) is 8.86. The molecule has 0 heterocycles. The average molecular weight is 284 g/mol. The van der Waals surface area contributed by atoms with E-state index in [2.05, 4.69) is 40.3 Å². The summed E-state index contributed by atoms with van der Waals surface area (Å²) in [4.78, 5) is 0. The van der Waals surface area contributed by atoms with Crippen LogP contribution < -0.4 is 5.32 Å². The summed E-state index contributed by atoms with van der Waals surface area (Å²) in [6.07, 6.45) is 2.97. The van der Waals surface area contributed by atoms with Crippen molar-refractivity contribution < 1.29 is 5.11 Å². The molecule has 16 heavy (non-hydrogen) atoms. The first-order valence-electron chi connectivity index (χ1n) is 5.86. The van der Waals surface area contributed by atoms with Gasteiger partial charge >= 0.3 is 0 Å². The Hall–Kier alpha value is -0.380. The largest absolute Gasteiger partial charge is 0.392 e. The predicted molar refractivity (Wildman–Crippen MR) is 69.3 cm³/mol. The number of hydrogen-bond donors (Lipinski definition) is 2. The van der Waals surface area contributed by atoms with Crippen molar-refractivity contribution in [3.05, 3.63) is 34.3 Å². The average Bonchev–Trinajstić information content (AvgIpc) is 2.64. The van der Waals surface area contributed by atoms with Gasteiger partial charge in [0.2, 0.25) is 0 Å². The van der Waals surface area contributed by atoms with Crippen LogP contribution in [0.4, 0.5) is 0 Å². The minimum absolute atomic E-state index is 0.172.